The summed E-state index contributed by atoms with van der Waals surface area (Å²) in [7, 11) is 5.05. The number of carbonyl (C=O) groups is 1. The number of amides is 1. The number of rotatable bonds is 6. The van der Waals surface area contributed by atoms with Crippen LogP contribution in [0.15, 0.2) is 4.52 Å². The lowest BCUT2D eigenvalue weighted by atomic mass is 10.0. The fourth-order valence-electron chi connectivity index (χ4n) is 3.04. The summed E-state index contributed by atoms with van der Waals surface area (Å²) < 4.78 is 21.6. The number of hydrogen-bond donors (Lipinski definition) is 0. The lowest BCUT2D eigenvalue weighted by molar-refractivity contribution is -0.164. The van der Waals surface area contributed by atoms with Crippen LogP contribution in [0.1, 0.15) is 23.4 Å². The Morgan fingerprint density at radius 2 is 2.04 bits per heavy atom. The highest BCUT2D eigenvalue weighted by atomic mass is 16.6. The molecule has 1 aromatic heterocycles. The highest BCUT2D eigenvalue weighted by molar-refractivity contribution is 5.76. The molecular weight excluding hydrogens is 300 g/mol. The average Bonchev–Trinajstić information content (AvgIpc) is 2.89. The van der Waals surface area contributed by atoms with Gasteiger partial charge in [0, 0.05) is 33.3 Å². The summed E-state index contributed by atoms with van der Waals surface area (Å²) in [6.45, 7) is 4.68. The first-order valence-electron chi connectivity index (χ1n) is 7.80. The molecule has 2 heterocycles. The van der Waals surface area contributed by atoms with E-state index >= 15 is 0 Å². The van der Waals surface area contributed by atoms with Crippen LogP contribution in [0.25, 0.3) is 0 Å². The molecule has 1 aliphatic heterocycles. The first-order valence-corrected chi connectivity index (χ1v) is 7.80. The predicted molar refractivity (Wildman–Crippen MR) is 83.3 cm³/mol. The van der Waals surface area contributed by atoms with E-state index in [1.165, 1.54) is 0 Å². The standard InChI is InChI=1S/C16H26N2O5/c1-10-12(11(2)23-17-10)6-7-15(19)18(3)13-8-22-9-14(20-4)16(13)21-5/h13-14,16H,6-9H2,1-5H3/t13-,14-,16+/m1/s1. The number of methoxy groups -OCH3 is 2. The van der Waals surface area contributed by atoms with E-state index in [2.05, 4.69) is 5.16 Å². The normalized spacial score (nSPS) is 24.7. The summed E-state index contributed by atoms with van der Waals surface area (Å²) in [6, 6.07) is -0.157. The monoisotopic (exact) mass is 326 g/mol. The van der Waals surface area contributed by atoms with Gasteiger partial charge in [-0.25, -0.2) is 0 Å². The van der Waals surface area contributed by atoms with Gasteiger partial charge >= 0.3 is 0 Å². The number of ether oxygens (including phenoxy) is 3. The lowest BCUT2D eigenvalue weighted by Crippen LogP contribution is -2.57. The van der Waals surface area contributed by atoms with Crippen molar-refractivity contribution in [1.29, 1.82) is 0 Å². The van der Waals surface area contributed by atoms with Gasteiger partial charge in [-0.05, 0) is 20.3 Å². The molecule has 1 amide bonds. The molecule has 0 aliphatic carbocycles. The molecule has 1 aromatic rings. The van der Waals surface area contributed by atoms with Crippen molar-refractivity contribution in [2.75, 3.05) is 34.5 Å². The average molecular weight is 326 g/mol. The molecular formula is C16H26N2O5. The highest BCUT2D eigenvalue weighted by Crippen LogP contribution is 2.20. The van der Waals surface area contributed by atoms with Crippen LogP contribution in [0.3, 0.4) is 0 Å². The molecule has 0 radical (unpaired) electrons. The van der Waals surface area contributed by atoms with Crippen molar-refractivity contribution < 1.29 is 23.5 Å². The maximum absolute atomic E-state index is 12.5. The minimum Gasteiger partial charge on any atom is -0.376 e. The van der Waals surface area contributed by atoms with Crippen LogP contribution < -0.4 is 0 Å². The molecule has 0 aromatic carbocycles. The van der Waals surface area contributed by atoms with Gasteiger partial charge in [0.05, 0.1) is 24.9 Å². The first-order chi connectivity index (χ1) is 11.0. The summed E-state index contributed by atoms with van der Waals surface area (Å²) in [5, 5.41) is 3.92. The van der Waals surface area contributed by atoms with Gasteiger partial charge < -0.3 is 23.6 Å². The number of carbonyl (C=O) groups excluding carboxylic acids is 1. The zero-order chi connectivity index (χ0) is 17.0. The van der Waals surface area contributed by atoms with Gasteiger partial charge in [-0.15, -0.1) is 0 Å². The molecule has 1 fully saturated rings. The smallest absolute Gasteiger partial charge is 0.223 e. The Labute approximate surface area is 136 Å². The Morgan fingerprint density at radius 1 is 1.30 bits per heavy atom. The van der Waals surface area contributed by atoms with Gasteiger partial charge in [-0.3, -0.25) is 4.79 Å². The predicted octanol–water partition coefficient (Wildman–Crippen LogP) is 1.11. The third kappa shape index (κ3) is 3.91. The van der Waals surface area contributed by atoms with Crippen LogP contribution in [0.4, 0.5) is 0 Å². The molecule has 0 N–H and O–H groups in total. The molecule has 7 heteroatoms. The zero-order valence-corrected chi connectivity index (χ0v) is 14.5. The Bertz CT molecular complexity index is 511. The molecule has 7 nitrogen and oxygen atoms in total. The molecule has 1 saturated heterocycles. The van der Waals surface area contributed by atoms with Crippen LogP contribution in [-0.2, 0) is 25.4 Å². The van der Waals surface area contributed by atoms with Gasteiger partial charge in [-0.2, -0.15) is 0 Å². The Hall–Kier alpha value is -1.44. The van der Waals surface area contributed by atoms with E-state index in [1.54, 1.807) is 26.2 Å². The van der Waals surface area contributed by atoms with E-state index in [0.29, 0.717) is 26.1 Å². The third-order valence-electron chi connectivity index (χ3n) is 4.55. The second-order valence-corrected chi connectivity index (χ2v) is 5.89. The van der Waals surface area contributed by atoms with Gasteiger partial charge in [-0.1, -0.05) is 5.16 Å². The highest BCUT2D eigenvalue weighted by Gasteiger charge is 2.38. The second-order valence-electron chi connectivity index (χ2n) is 5.89. The van der Waals surface area contributed by atoms with Crippen molar-refractivity contribution >= 4 is 5.91 Å². The summed E-state index contributed by atoms with van der Waals surface area (Å²) in [5.41, 5.74) is 1.85. The fourth-order valence-corrected chi connectivity index (χ4v) is 3.04. The summed E-state index contributed by atoms with van der Waals surface area (Å²) in [4.78, 5) is 14.2. The first kappa shape index (κ1) is 17.9. The van der Waals surface area contributed by atoms with Crippen molar-refractivity contribution in [3.63, 3.8) is 0 Å². The summed E-state index contributed by atoms with van der Waals surface area (Å²) in [5.74, 6) is 0.811. The van der Waals surface area contributed by atoms with E-state index in [0.717, 1.165) is 17.0 Å². The van der Waals surface area contributed by atoms with Crippen molar-refractivity contribution in [3.8, 4) is 0 Å². The molecule has 0 saturated carbocycles. The topological polar surface area (TPSA) is 74.0 Å². The van der Waals surface area contributed by atoms with E-state index in [4.69, 9.17) is 18.7 Å². The van der Waals surface area contributed by atoms with Crippen molar-refractivity contribution in [1.82, 2.24) is 10.1 Å². The summed E-state index contributed by atoms with van der Waals surface area (Å²) in [6.07, 6.45) is 0.645. The van der Waals surface area contributed by atoms with Crippen LogP contribution >= 0.6 is 0 Å². The van der Waals surface area contributed by atoms with Crippen molar-refractivity contribution in [2.45, 2.75) is 44.9 Å². The zero-order valence-electron chi connectivity index (χ0n) is 14.5. The number of aromatic nitrogens is 1. The molecule has 0 unspecified atom stereocenters. The van der Waals surface area contributed by atoms with E-state index in [1.807, 2.05) is 13.8 Å². The quantitative estimate of drug-likeness (QED) is 0.780. The lowest BCUT2D eigenvalue weighted by Gasteiger charge is -2.40. The molecule has 0 bridgehead atoms. The van der Waals surface area contributed by atoms with Gasteiger partial charge in [0.1, 0.15) is 18.0 Å². The molecule has 130 valence electrons. The minimum absolute atomic E-state index is 0.0393. The van der Waals surface area contributed by atoms with Gasteiger partial charge in [0.25, 0.3) is 0 Å². The van der Waals surface area contributed by atoms with E-state index in [9.17, 15) is 4.79 Å². The summed E-state index contributed by atoms with van der Waals surface area (Å²) >= 11 is 0. The number of aryl methyl sites for hydroxylation is 2. The number of nitrogens with zero attached hydrogens (tertiary/aromatic N) is 2. The molecule has 23 heavy (non-hydrogen) atoms. The molecule has 2 rings (SSSR count). The van der Waals surface area contributed by atoms with Crippen LogP contribution in [0.5, 0.6) is 0 Å². The SMILES string of the molecule is CO[C@H]1[C@H](N(C)C(=O)CCc2c(C)noc2C)COC[C@H]1OC. The molecule has 0 spiro atoms. The Kier molecular flexibility index (Phi) is 6.15. The maximum atomic E-state index is 12.5. The van der Waals surface area contributed by atoms with Crippen molar-refractivity contribution in [2.24, 2.45) is 0 Å². The van der Waals surface area contributed by atoms with Crippen LogP contribution in [-0.4, -0.2) is 68.7 Å². The molecule has 3 atom stereocenters. The number of hydrogen-bond acceptors (Lipinski definition) is 6. The van der Waals surface area contributed by atoms with Crippen LogP contribution in [0.2, 0.25) is 0 Å². The van der Waals surface area contributed by atoms with Crippen molar-refractivity contribution in [3.05, 3.63) is 17.0 Å². The van der Waals surface area contributed by atoms with E-state index in [-0.39, 0.29) is 24.2 Å². The second kappa shape index (κ2) is 7.90. The largest absolute Gasteiger partial charge is 0.376 e. The Balaban J connectivity index is 1.98. The van der Waals surface area contributed by atoms with E-state index < -0.39 is 0 Å². The minimum atomic E-state index is -0.193. The van der Waals surface area contributed by atoms with Gasteiger partial charge in [0.2, 0.25) is 5.91 Å². The fraction of sp³-hybridized carbons (Fsp3) is 0.750. The molecule has 1 aliphatic rings. The van der Waals surface area contributed by atoms with Gasteiger partial charge in [0.15, 0.2) is 0 Å². The van der Waals surface area contributed by atoms with Crippen LogP contribution in [0, 0.1) is 13.8 Å². The Morgan fingerprint density at radius 3 is 2.61 bits per heavy atom. The number of likely N-dealkylation sites (N-methyl/N-ethyl adjacent to an activating group) is 1. The maximum Gasteiger partial charge on any atom is 0.223 e. The third-order valence-corrected chi connectivity index (χ3v) is 4.55.